The zero-order valence-corrected chi connectivity index (χ0v) is 11.1. The van der Waals surface area contributed by atoms with Gasteiger partial charge in [-0.3, -0.25) is 4.79 Å². The van der Waals surface area contributed by atoms with Gasteiger partial charge >= 0.3 is 0 Å². The molecule has 1 fully saturated rings. The minimum atomic E-state index is -0.212. The molecule has 1 aromatic heterocycles. The number of amides is 1. The fourth-order valence-electron chi connectivity index (χ4n) is 2.25. The maximum absolute atomic E-state index is 12.0. The number of aliphatic hydroxyl groups is 1. The molecule has 18 heavy (non-hydrogen) atoms. The van der Waals surface area contributed by atoms with E-state index in [1.807, 2.05) is 0 Å². The molecule has 0 saturated heterocycles. The van der Waals surface area contributed by atoms with Crippen LogP contribution in [0.2, 0.25) is 5.15 Å². The fourth-order valence-corrected chi connectivity index (χ4v) is 2.50. The van der Waals surface area contributed by atoms with Gasteiger partial charge in [0.2, 0.25) is 0 Å². The molecule has 0 bridgehead atoms. The van der Waals surface area contributed by atoms with Gasteiger partial charge in [0.25, 0.3) is 5.91 Å². The summed E-state index contributed by atoms with van der Waals surface area (Å²) in [6.45, 7) is 1.81. The quantitative estimate of drug-likeness (QED) is 0.808. The third-order valence-electron chi connectivity index (χ3n) is 3.22. The monoisotopic (exact) mass is 268 g/mol. The molecule has 2 rings (SSSR count). The minimum Gasteiger partial charge on any atom is -0.393 e. The summed E-state index contributed by atoms with van der Waals surface area (Å²) in [5, 5.41) is 12.7. The second kappa shape index (κ2) is 5.67. The van der Waals surface area contributed by atoms with E-state index in [2.05, 4.69) is 10.3 Å². The van der Waals surface area contributed by atoms with E-state index in [9.17, 15) is 9.90 Å². The number of hydrogen-bond acceptors (Lipinski definition) is 3. The van der Waals surface area contributed by atoms with Crippen LogP contribution in [0.3, 0.4) is 0 Å². The highest BCUT2D eigenvalue weighted by atomic mass is 35.5. The van der Waals surface area contributed by atoms with E-state index < -0.39 is 0 Å². The lowest BCUT2D eigenvalue weighted by molar-refractivity contribution is 0.0867. The highest BCUT2D eigenvalue weighted by Crippen LogP contribution is 2.19. The Hall–Kier alpha value is -1.13. The number of aryl methyl sites for hydroxylation is 1. The van der Waals surface area contributed by atoms with Gasteiger partial charge in [0.1, 0.15) is 5.15 Å². The number of nitrogens with one attached hydrogen (secondary N) is 1. The summed E-state index contributed by atoms with van der Waals surface area (Å²) in [5.74, 6) is -0.121. The molecule has 1 aliphatic carbocycles. The Morgan fingerprint density at radius 3 is 2.67 bits per heavy atom. The van der Waals surface area contributed by atoms with Crippen molar-refractivity contribution in [1.29, 1.82) is 0 Å². The Morgan fingerprint density at radius 2 is 2.06 bits per heavy atom. The van der Waals surface area contributed by atoms with Crippen LogP contribution in [0.1, 0.15) is 41.7 Å². The van der Waals surface area contributed by atoms with Crippen LogP contribution in [0.25, 0.3) is 0 Å². The number of carbonyl (C=O) groups excluding carboxylic acids is 1. The third-order valence-corrected chi connectivity index (χ3v) is 3.41. The average molecular weight is 269 g/mol. The van der Waals surface area contributed by atoms with Gasteiger partial charge in [-0.25, -0.2) is 4.98 Å². The minimum absolute atomic E-state index is 0.121. The number of pyridine rings is 1. The van der Waals surface area contributed by atoms with Gasteiger partial charge in [-0.1, -0.05) is 11.6 Å². The topological polar surface area (TPSA) is 62.2 Å². The number of aliphatic hydroxyl groups excluding tert-OH is 1. The Labute approximate surface area is 111 Å². The summed E-state index contributed by atoms with van der Waals surface area (Å²) < 4.78 is 0. The molecular weight excluding hydrogens is 252 g/mol. The lowest BCUT2D eigenvalue weighted by atomic mass is 9.93. The predicted octanol–water partition coefficient (Wildman–Crippen LogP) is 2.08. The zero-order valence-electron chi connectivity index (χ0n) is 10.3. The van der Waals surface area contributed by atoms with Crippen molar-refractivity contribution in [1.82, 2.24) is 10.3 Å². The van der Waals surface area contributed by atoms with Crippen LogP contribution >= 0.6 is 11.6 Å². The van der Waals surface area contributed by atoms with Gasteiger partial charge < -0.3 is 10.4 Å². The number of rotatable bonds is 2. The normalized spacial score (nSPS) is 23.7. The molecule has 0 atom stereocenters. The zero-order chi connectivity index (χ0) is 13.1. The average Bonchev–Trinajstić information content (AvgIpc) is 2.31. The van der Waals surface area contributed by atoms with Crippen molar-refractivity contribution in [2.75, 3.05) is 0 Å². The molecule has 4 nitrogen and oxygen atoms in total. The molecule has 1 saturated carbocycles. The maximum atomic E-state index is 12.0. The van der Waals surface area contributed by atoms with Crippen LogP contribution in [0, 0.1) is 6.92 Å². The number of halogens is 1. The van der Waals surface area contributed by atoms with Gasteiger partial charge in [-0.2, -0.15) is 0 Å². The molecule has 5 heteroatoms. The molecule has 0 spiro atoms. The van der Waals surface area contributed by atoms with E-state index in [-0.39, 0.29) is 18.1 Å². The van der Waals surface area contributed by atoms with Gasteiger partial charge in [0.15, 0.2) is 0 Å². The lowest BCUT2D eigenvalue weighted by Gasteiger charge is -2.26. The first-order valence-electron chi connectivity index (χ1n) is 6.17. The van der Waals surface area contributed by atoms with E-state index >= 15 is 0 Å². The molecule has 0 radical (unpaired) electrons. The standard InChI is InChI=1S/C13H17ClN2O2/c1-8-6-9(7-12(14)15-8)13(18)16-10-2-4-11(17)5-3-10/h6-7,10-11,17H,2-5H2,1H3,(H,16,18). The number of nitrogens with zero attached hydrogens (tertiary/aromatic N) is 1. The molecule has 1 aliphatic rings. The van der Waals surface area contributed by atoms with Gasteiger partial charge in [0.05, 0.1) is 6.10 Å². The summed E-state index contributed by atoms with van der Waals surface area (Å²) in [6, 6.07) is 3.44. The molecule has 1 heterocycles. The van der Waals surface area contributed by atoms with E-state index in [4.69, 9.17) is 11.6 Å². The second-order valence-electron chi connectivity index (χ2n) is 4.80. The van der Waals surface area contributed by atoms with Crippen molar-refractivity contribution >= 4 is 17.5 Å². The Bertz CT molecular complexity index is 422. The first-order valence-corrected chi connectivity index (χ1v) is 6.55. The maximum Gasteiger partial charge on any atom is 0.251 e. The highest BCUT2D eigenvalue weighted by Gasteiger charge is 2.21. The molecule has 2 N–H and O–H groups in total. The van der Waals surface area contributed by atoms with Gasteiger partial charge in [-0.15, -0.1) is 0 Å². The molecule has 1 amide bonds. The molecule has 0 aromatic carbocycles. The van der Waals surface area contributed by atoms with Crippen LogP contribution in [0.4, 0.5) is 0 Å². The summed E-state index contributed by atoms with van der Waals surface area (Å²) >= 11 is 5.83. The summed E-state index contributed by atoms with van der Waals surface area (Å²) in [5.41, 5.74) is 1.27. The van der Waals surface area contributed by atoms with Crippen LogP contribution in [0.15, 0.2) is 12.1 Å². The van der Waals surface area contributed by atoms with Crippen LogP contribution in [-0.2, 0) is 0 Å². The van der Waals surface area contributed by atoms with E-state index in [1.54, 1.807) is 19.1 Å². The summed E-state index contributed by atoms with van der Waals surface area (Å²) in [7, 11) is 0. The van der Waals surface area contributed by atoms with Gasteiger partial charge in [0, 0.05) is 17.3 Å². The fraction of sp³-hybridized carbons (Fsp3) is 0.538. The smallest absolute Gasteiger partial charge is 0.251 e. The Morgan fingerprint density at radius 1 is 1.39 bits per heavy atom. The number of carbonyl (C=O) groups is 1. The van der Waals surface area contributed by atoms with Gasteiger partial charge in [-0.05, 0) is 44.7 Å². The summed E-state index contributed by atoms with van der Waals surface area (Å²) in [6.07, 6.45) is 2.94. The largest absolute Gasteiger partial charge is 0.393 e. The van der Waals surface area contributed by atoms with Crippen molar-refractivity contribution in [3.63, 3.8) is 0 Å². The van der Waals surface area contributed by atoms with Crippen molar-refractivity contribution in [2.24, 2.45) is 0 Å². The first-order chi connectivity index (χ1) is 8.54. The molecule has 0 aliphatic heterocycles. The van der Waals surface area contributed by atoms with Crippen molar-refractivity contribution in [2.45, 2.75) is 44.8 Å². The Kier molecular flexibility index (Phi) is 4.19. The van der Waals surface area contributed by atoms with Crippen LogP contribution in [0.5, 0.6) is 0 Å². The molecule has 98 valence electrons. The molecule has 1 aromatic rings. The highest BCUT2D eigenvalue weighted by molar-refractivity contribution is 6.29. The molecule has 0 unspecified atom stereocenters. The first kappa shape index (κ1) is 13.3. The number of hydrogen-bond donors (Lipinski definition) is 2. The Balaban J connectivity index is 1.99. The predicted molar refractivity (Wildman–Crippen MR) is 69.7 cm³/mol. The van der Waals surface area contributed by atoms with E-state index in [0.717, 1.165) is 31.4 Å². The van der Waals surface area contributed by atoms with Crippen molar-refractivity contribution in [3.8, 4) is 0 Å². The van der Waals surface area contributed by atoms with Crippen molar-refractivity contribution in [3.05, 3.63) is 28.5 Å². The SMILES string of the molecule is Cc1cc(C(=O)NC2CCC(O)CC2)cc(Cl)n1. The summed E-state index contributed by atoms with van der Waals surface area (Å²) in [4.78, 5) is 16.1. The van der Waals surface area contributed by atoms with E-state index in [1.165, 1.54) is 0 Å². The molecular formula is C13H17ClN2O2. The third kappa shape index (κ3) is 3.43. The lowest BCUT2D eigenvalue weighted by Crippen LogP contribution is -2.38. The van der Waals surface area contributed by atoms with Crippen LogP contribution in [-0.4, -0.2) is 28.1 Å². The van der Waals surface area contributed by atoms with Crippen LogP contribution < -0.4 is 5.32 Å². The number of aromatic nitrogens is 1. The van der Waals surface area contributed by atoms with E-state index in [0.29, 0.717) is 10.7 Å². The van der Waals surface area contributed by atoms with Crippen molar-refractivity contribution < 1.29 is 9.90 Å². The second-order valence-corrected chi connectivity index (χ2v) is 5.19.